The number of hydrogen-bond donors (Lipinski definition) is 0. The fourth-order valence-electron chi connectivity index (χ4n) is 6.17. The molecule has 4 heterocycles. The van der Waals surface area contributed by atoms with Gasteiger partial charge in [0.2, 0.25) is 0 Å². The Bertz CT molecular complexity index is 853. The quantitative estimate of drug-likeness (QED) is 0.734. The molecule has 0 radical (unpaired) electrons. The number of hydroxylamine groups is 1. The molecule has 1 aliphatic carbocycles. The monoisotopic (exact) mass is 384 g/mol. The van der Waals surface area contributed by atoms with Crippen LogP contribution in [0.3, 0.4) is 0 Å². The summed E-state index contributed by atoms with van der Waals surface area (Å²) in [6.07, 6.45) is 3.79. The van der Waals surface area contributed by atoms with Crippen molar-refractivity contribution in [2.75, 3.05) is 39.5 Å². The maximum Gasteiger partial charge on any atom is 0.264 e. The van der Waals surface area contributed by atoms with Crippen molar-refractivity contribution >= 4 is 11.6 Å². The average Bonchev–Trinajstić information content (AvgIpc) is 2.82. The molecule has 6 rings (SSSR count). The summed E-state index contributed by atoms with van der Waals surface area (Å²) in [6, 6.07) is 6.19. The fourth-order valence-corrected chi connectivity index (χ4v) is 6.17. The molecule has 4 bridgehead atoms. The first-order chi connectivity index (χ1) is 13.5. The zero-order chi connectivity index (χ0) is 19.6. The van der Waals surface area contributed by atoms with E-state index in [2.05, 4.69) is 24.9 Å². The highest BCUT2D eigenvalue weighted by Crippen LogP contribution is 2.57. The van der Waals surface area contributed by atoms with Crippen LogP contribution in [0.4, 0.5) is 5.69 Å². The number of rotatable bonds is 2. The molecule has 1 spiro atoms. The van der Waals surface area contributed by atoms with Crippen LogP contribution in [0.15, 0.2) is 29.8 Å². The molecule has 1 aromatic carbocycles. The number of methoxy groups -OCH3 is 1. The topological polar surface area (TPSA) is 51.2 Å². The molecule has 150 valence electrons. The van der Waals surface area contributed by atoms with Gasteiger partial charge in [-0.2, -0.15) is 5.06 Å². The van der Waals surface area contributed by atoms with Gasteiger partial charge < -0.3 is 9.47 Å². The molecule has 6 nitrogen and oxygen atoms in total. The van der Waals surface area contributed by atoms with Gasteiger partial charge in [0.25, 0.3) is 5.91 Å². The minimum absolute atomic E-state index is 0.00752. The SMILES string of the molecule is C/C=C1/CN(C)C2CC3(C(=O)N(OC)c4cc(OC)ccc43)C3CC1C2CO3. The second-order valence-corrected chi connectivity index (χ2v) is 8.51. The van der Waals surface area contributed by atoms with Crippen LogP contribution < -0.4 is 9.80 Å². The summed E-state index contributed by atoms with van der Waals surface area (Å²) >= 11 is 0. The number of benzene rings is 1. The minimum atomic E-state index is -0.705. The van der Waals surface area contributed by atoms with E-state index in [-0.39, 0.29) is 12.0 Å². The standard InChI is InChI=1S/C22H28N2O4/c1-5-13-11-23(2)19-10-22(20-9-15(13)16(19)12-28-20)17-7-6-14(26-3)8-18(17)24(27-4)21(22)25/h5-8,15-16,19-20H,9-12H2,1-4H3/b13-5-. The summed E-state index contributed by atoms with van der Waals surface area (Å²) in [4.78, 5) is 21.8. The molecule has 6 heteroatoms. The second kappa shape index (κ2) is 6.31. The number of allylic oxidation sites excluding steroid dienone is 1. The Morgan fingerprint density at radius 1 is 1.32 bits per heavy atom. The van der Waals surface area contributed by atoms with E-state index in [4.69, 9.17) is 14.3 Å². The van der Waals surface area contributed by atoms with Gasteiger partial charge in [-0.25, -0.2) is 0 Å². The van der Waals surface area contributed by atoms with Crippen molar-refractivity contribution in [1.82, 2.24) is 4.90 Å². The predicted molar refractivity (Wildman–Crippen MR) is 105 cm³/mol. The van der Waals surface area contributed by atoms with Gasteiger partial charge in [0, 0.05) is 24.6 Å². The van der Waals surface area contributed by atoms with Crippen molar-refractivity contribution in [3.05, 3.63) is 35.4 Å². The van der Waals surface area contributed by atoms with Gasteiger partial charge >= 0.3 is 0 Å². The lowest BCUT2D eigenvalue weighted by Gasteiger charge is -2.46. The highest BCUT2D eigenvalue weighted by molar-refractivity contribution is 6.07. The van der Waals surface area contributed by atoms with Crippen molar-refractivity contribution in [3.63, 3.8) is 0 Å². The van der Waals surface area contributed by atoms with Crippen LogP contribution in [0, 0.1) is 11.8 Å². The molecule has 4 fully saturated rings. The molecule has 1 saturated carbocycles. The number of ether oxygens (including phenoxy) is 2. The normalized spacial score (nSPS) is 38.2. The Kier molecular flexibility index (Phi) is 4.09. The molecule has 1 amide bonds. The Labute approximate surface area is 166 Å². The molecule has 5 unspecified atom stereocenters. The lowest BCUT2D eigenvalue weighted by atomic mass is 9.72. The van der Waals surface area contributed by atoms with Gasteiger partial charge in [-0.3, -0.25) is 14.5 Å². The number of nitrogens with zero attached hydrogens (tertiary/aromatic N) is 2. The van der Waals surface area contributed by atoms with E-state index in [1.54, 1.807) is 14.2 Å². The first-order valence-electron chi connectivity index (χ1n) is 10.1. The van der Waals surface area contributed by atoms with Crippen molar-refractivity contribution < 1.29 is 19.1 Å². The number of carbonyl (C=O) groups is 1. The van der Waals surface area contributed by atoms with Gasteiger partial charge in [-0.1, -0.05) is 17.7 Å². The van der Waals surface area contributed by atoms with Crippen molar-refractivity contribution in [1.29, 1.82) is 0 Å². The third-order valence-corrected chi connectivity index (χ3v) is 7.55. The molecule has 1 aromatic rings. The maximum absolute atomic E-state index is 13.8. The van der Waals surface area contributed by atoms with Crippen LogP contribution in [-0.2, 0) is 19.8 Å². The molecular formula is C22H28N2O4. The molecule has 5 atom stereocenters. The van der Waals surface area contributed by atoms with Gasteiger partial charge in [0.1, 0.15) is 11.2 Å². The van der Waals surface area contributed by atoms with E-state index in [0.717, 1.165) is 43.0 Å². The van der Waals surface area contributed by atoms with Gasteiger partial charge in [0.05, 0.1) is 32.6 Å². The molecular weight excluding hydrogens is 356 g/mol. The summed E-state index contributed by atoms with van der Waals surface area (Å²) in [5, 5.41) is 1.44. The summed E-state index contributed by atoms with van der Waals surface area (Å²) in [6.45, 7) is 3.83. The largest absolute Gasteiger partial charge is 0.497 e. The van der Waals surface area contributed by atoms with Crippen molar-refractivity contribution in [3.8, 4) is 5.75 Å². The Morgan fingerprint density at radius 3 is 2.86 bits per heavy atom. The summed E-state index contributed by atoms with van der Waals surface area (Å²) in [7, 11) is 5.37. The van der Waals surface area contributed by atoms with E-state index in [0.29, 0.717) is 17.9 Å². The van der Waals surface area contributed by atoms with Crippen molar-refractivity contribution in [2.24, 2.45) is 11.8 Å². The van der Waals surface area contributed by atoms with E-state index in [9.17, 15) is 4.79 Å². The average molecular weight is 384 g/mol. The highest BCUT2D eigenvalue weighted by Gasteiger charge is 2.64. The van der Waals surface area contributed by atoms with Crippen LogP contribution in [0.5, 0.6) is 5.75 Å². The maximum atomic E-state index is 13.8. The third kappa shape index (κ3) is 2.17. The Morgan fingerprint density at radius 2 is 2.14 bits per heavy atom. The smallest absolute Gasteiger partial charge is 0.264 e. The number of piperidine rings is 1. The van der Waals surface area contributed by atoms with E-state index in [1.165, 1.54) is 10.6 Å². The summed E-state index contributed by atoms with van der Waals surface area (Å²) < 4.78 is 11.8. The second-order valence-electron chi connectivity index (χ2n) is 8.51. The lowest BCUT2D eigenvalue weighted by Crippen LogP contribution is -2.50. The Hall–Kier alpha value is -1.89. The van der Waals surface area contributed by atoms with Crippen LogP contribution >= 0.6 is 0 Å². The Balaban J connectivity index is 1.69. The van der Waals surface area contributed by atoms with E-state index in [1.807, 2.05) is 18.2 Å². The van der Waals surface area contributed by atoms with Crippen LogP contribution in [-0.4, -0.2) is 57.4 Å². The van der Waals surface area contributed by atoms with Crippen molar-refractivity contribution in [2.45, 2.75) is 37.3 Å². The molecule has 0 aromatic heterocycles. The van der Waals surface area contributed by atoms with Gasteiger partial charge in [-0.15, -0.1) is 0 Å². The molecule has 28 heavy (non-hydrogen) atoms. The first kappa shape index (κ1) is 18.2. The third-order valence-electron chi connectivity index (χ3n) is 7.55. The number of carbonyl (C=O) groups excluding carboxylic acids is 1. The number of hydrogen-bond acceptors (Lipinski definition) is 5. The number of likely N-dealkylation sites (N-methyl/N-ethyl adjacent to an activating group) is 1. The summed E-state index contributed by atoms with van der Waals surface area (Å²) in [5.74, 6) is 1.64. The number of amides is 1. The van der Waals surface area contributed by atoms with Crippen LogP contribution in [0.1, 0.15) is 25.3 Å². The first-order valence-corrected chi connectivity index (χ1v) is 10.1. The molecule has 5 aliphatic rings. The van der Waals surface area contributed by atoms with E-state index >= 15 is 0 Å². The zero-order valence-electron chi connectivity index (χ0n) is 17.0. The number of likely N-dealkylation sites (tertiary alicyclic amines) is 1. The molecule has 3 saturated heterocycles. The zero-order valence-corrected chi connectivity index (χ0v) is 17.0. The number of anilines is 1. The van der Waals surface area contributed by atoms with Gasteiger partial charge in [-0.05, 0) is 44.4 Å². The lowest BCUT2D eigenvalue weighted by molar-refractivity contribution is -0.137. The highest BCUT2D eigenvalue weighted by atomic mass is 16.7. The molecule has 0 N–H and O–H groups in total. The molecule has 4 aliphatic heterocycles. The minimum Gasteiger partial charge on any atom is -0.497 e. The fraction of sp³-hybridized carbons (Fsp3) is 0.591. The van der Waals surface area contributed by atoms with Crippen LogP contribution in [0.2, 0.25) is 0 Å². The van der Waals surface area contributed by atoms with Crippen LogP contribution in [0.25, 0.3) is 0 Å². The predicted octanol–water partition coefficient (Wildman–Crippen LogP) is 2.53. The van der Waals surface area contributed by atoms with Gasteiger partial charge in [0.15, 0.2) is 0 Å². The van der Waals surface area contributed by atoms with E-state index < -0.39 is 5.41 Å². The summed E-state index contributed by atoms with van der Waals surface area (Å²) in [5.41, 5.74) is 2.57. The number of fused-ring (bicyclic) bond motifs is 2.